The highest BCUT2D eigenvalue weighted by atomic mass is 16.5. The number of anilines is 2. The van der Waals surface area contributed by atoms with E-state index in [9.17, 15) is 14.4 Å². The van der Waals surface area contributed by atoms with Crippen molar-refractivity contribution in [1.82, 2.24) is 15.1 Å². The topological polar surface area (TPSA) is 103 Å². The van der Waals surface area contributed by atoms with Gasteiger partial charge in [0.05, 0.1) is 13.8 Å². The van der Waals surface area contributed by atoms with Gasteiger partial charge < -0.3 is 34.8 Å². The molecule has 0 unspecified atom stereocenters. The molecule has 0 atom stereocenters. The summed E-state index contributed by atoms with van der Waals surface area (Å²) in [6.45, 7) is 2.22. The second-order valence-electron chi connectivity index (χ2n) is 9.29. The predicted molar refractivity (Wildman–Crippen MR) is 141 cm³/mol. The highest BCUT2D eigenvalue weighted by Gasteiger charge is 2.54. The van der Waals surface area contributed by atoms with Crippen LogP contribution in [-0.2, 0) is 14.3 Å². The molecule has 1 spiro atoms. The van der Waals surface area contributed by atoms with Crippen molar-refractivity contribution in [2.24, 2.45) is 0 Å². The zero-order valence-corrected chi connectivity index (χ0v) is 21.4. The highest BCUT2D eigenvalue weighted by molar-refractivity contribution is 5.97. The largest absolute Gasteiger partial charge is 0.497 e. The Labute approximate surface area is 217 Å². The van der Waals surface area contributed by atoms with Crippen LogP contribution in [-0.4, -0.2) is 86.9 Å². The molecular weight excluding hydrogens is 474 g/mol. The predicted octanol–water partition coefficient (Wildman–Crippen LogP) is 2.52. The first-order valence-corrected chi connectivity index (χ1v) is 12.5. The number of ether oxygens (including phenoxy) is 2. The van der Waals surface area contributed by atoms with Gasteiger partial charge in [-0.2, -0.15) is 0 Å². The smallest absolute Gasteiger partial charge is 0.321 e. The number of benzene rings is 2. The van der Waals surface area contributed by atoms with Crippen LogP contribution in [0.1, 0.15) is 19.3 Å². The summed E-state index contributed by atoms with van der Waals surface area (Å²) in [6, 6.07) is 16.8. The number of hydrogen-bond acceptors (Lipinski definition) is 6. The van der Waals surface area contributed by atoms with Crippen LogP contribution in [0.2, 0.25) is 0 Å². The average molecular weight is 510 g/mol. The molecule has 4 amide bonds. The van der Waals surface area contributed by atoms with E-state index in [1.807, 2.05) is 48.5 Å². The minimum absolute atomic E-state index is 0.00304. The molecule has 2 heterocycles. The van der Waals surface area contributed by atoms with Crippen LogP contribution in [0.25, 0.3) is 0 Å². The van der Waals surface area contributed by atoms with Crippen molar-refractivity contribution in [3.8, 4) is 5.75 Å². The van der Waals surface area contributed by atoms with Crippen molar-refractivity contribution in [2.45, 2.75) is 24.8 Å². The van der Waals surface area contributed by atoms with Gasteiger partial charge >= 0.3 is 6.03 Å². The second-order valence-corrected chi connectivity index (χ2v) is 9.29. The number of nitrogens with one attached hydrogen (secondary N) is 2. The Hall–Kier alpha value is -3.79. The van der Waals surface area contributed by atoms with E-state index in [-0.39, 0.29) is 24.4 Å². The van der Waals surface area contributed by atoms with Gasteiger partial charge in [-0.3, -0.25) is 9.59 Å². The molecule has 0 aliphatic carbocycles. The lowest BCUT2D eigenvalue weighted by molar-refractivity contribution is -0.137. The number of likely N-dealkylation sites (tertiary alicyclic amines) is 1. The Kier molecular flexibility index (Phi) is 8.50. The summed E-state index contributed by atoms with van der Waals surface area (Å²) < 4.78 is 10.3. The van der Waals surface area contributed by atoms with Crippen LogP contribution >= 0.6 is 0 Å². The first-order chi connectivity index (χ1) is 18.0. The third-order valence-electron chi connectivity index (χ3n) is 6.96. The molecule has 4 rings (SSSR count). The molecule has 10 heteroatoms. The Balaban J connectivity index is 1.44. The third kappa shape index (κ3) is 5.96. The maximum atomic E-state index is 13.8. The van der Waals surface area contributed by atoms with Crippen molar-refractivity contribution in [3.63, 3.8) is 0 Å². The summed E-state index contributed by atoms with van der Waals surface area (Å²) in [7, 11) is 3.20. The van der Waals surface area contributed by atoms with E-state index in [1.165, 1.54) is 0 Å². The summed E-state index contributed by atoms with van der Waals surface area (Å²) in [5, 5.41) is 5.78. The Morgan fingerprint density at radius 2 is 1.78 bits per heavy atom. The van der Waals surface area contributed by atoms with Crippen LogP contribution in [0.15, 0.2) is 54.6 Å². The Morgan fingerprint density at radius 1 is 1.03 bits per heavy atom. The molecule has 198 valence electrons. The molecule has 2 fully saturated rings. The standard InChI is InChI=1S/C27H35N5O5/c1-36-17-7-14-28-24(33)19-31-20-32(22-9-4-3-5-10-22)27(25(31)34)12-15-30(16-13-27)26(35)29-21-8-6-11-23(18-21)37-2/h3-6,8-11,18H,7,12-17,19-20H2,1-2H3,(H,28,33)(H,29,35). The number of urea groups is 1. The lowest BCUT2D eigenvalue weighted by Gasteiger charge is -2.43. The van der Waals surface area contributed by atoms with E-state index in [4.69, 9.17) is 9.47 Å². The molecule has 0 aromatic heterocycles. The van der Waals surface area contributed by atoms with E-state index in [0.29, 0.717) is 63.6 Å². The number of rotatable bonds is 9. The van der Waals surface area contributed by atoms with Crippen LogP contribution < -0.4 is 20.3 Å². The highest BCUT2D eigenvalue weighted by Crippen LogP contribution is 2.39. The maximum Gasteiger partial charge on any atom is 0.321 e. The lowest BCUT2D eigenvalue weighted by atomic mass is 9.85. The van der Waals surface area contributed by atoms with Gasteiger partial charge in [-0.15, -0.1) is 0 Å². The molecule has 10 nitrogen and oxygen atoms in total. The fourth-order valence-electron chi connectivity index (χ4n) is 4.98. The zero-order valence-electron chi connectivity index (χ0n) is 21.4. The fraction of sp³-hybridized carbons (Fsp3) is 0.444. The molecule has 2 aliphatic heterocycles. The van der Waals surface area contributed by atoms with E-state index in [2.05, 4.69) is 15.5 Å². The van der Waals surface area contributed by atoms with Crippen molar-refractivity contribution in [1.29, 1.82) is 0 Å². The number of hydrogen-bond donors (Lipinski definition) is 2. The first kappa shape index (κ1) is 26.3. The van der Waals surface area contributed by atoms with Crippen molar-refractivity contribution < 1.29 is 23.9 Å². The van der Waals surface area contributed by atoms with Crippen LogP contribution in [0.4, 0.5) is 16.2 Å². The number of nitrogens with zero attached hydrogens (tertiary/aromatic N) is 3. The van der Waals surface area contributed by atoms with Gasteiger partial charge in [-0.1, -0.05) is 24.3 Å². The van der Waals surface area contributed by atoms with Crippen LogP contribution in [0, 0.1) is 0 Å². The quantitative estimate of drug-likeness (QED) is 0.504. The molecule has 0 radical (unpaired) electrons. The summed E-state index contributed by atoms with van der Waals surface area (Å²) in [4.78, 5) is 44.7. The molecule has 2 saturated heterocycles. The number of carbonyl (C=O) groups excluding carboxylic acids is 3. The van der Waals surface area contributed by atoms with Crippen LogP contribution in [0.3, 0.4) is 0 Å². The van der Waals surface area contributed by atoms with Gasteiger partial charge in [-0.25, -0.2) is 4.79 Å². The molecule has 0 saturated carbocycles. The number of methoxy groups -OCH3 is 2. The number of amides is 4. The zero-order chi connectivity index (χ0) is 26.3. The molecule has 0 bridgehead atoms. The Bertz CT molecular complexity index is 1090. The molecule has 2 aromatic rings. The van der Waals surface area contributed by atoms with Gasteiger partial charge in [-0.05, 0) is 43.5 Å². The molecule has 37 heavy (non-hydrogen) atoms. The minimum Gasteiger partial charge on any atom is -0.497 e. The fourth-order valence-corrected chi connectivity index (χ4v) is 4.98. The van der Waals surface area contributed by atoms with Gasteiger partial charge in [0.1, 0.15) is 17.8 Å². The van der Waals surface area contributed by atoms with E-state index >= 15 is 0 Å². The van der Waals surface area contributed by atoms with Gasteiger partial charge in [0.15, 0.2) is 0 Å². The van der Waals surface area contributed by atoms with Crippen molar-refractivity contribution >= 4 is 29.2 Å². The average Bonchev–Trinajstić information content (AvgIpc) is 3.18. The van der Waals surface area contributed by atoms with E-state index < -0.39 is 5.54 Å². The molecule has 2 aliphatic rings. The molecule has 2 aromatic carbocycles. The first-order valence-electron chi connectivity index (χ1n) is 12.5. The monoisotopic (exact) mass is 509 g/mol. The second kappa shape index (κ2) is 12.0. The normalized spacial score (nSPS) is 16.7. The summed E-state index contributed by atoms with van der Waals surface area (Å²) >= 11 is 0. The van der Waals surface area contributed by atoms with E-state index in [1.54, 1.807) is 30.1 Å². The third-order valence-corrected chi connectivity index (χ3v) is 6.96. The van der Waals surface area contributed by atoms with Crippen LogP contribution in [0.5, 0.6) is 5.75 Å². The van der Waals surface area contributed by atoms with E-state index in [0.717, 1.165) is 5.69 Å². The molecule has 2 N–H and O–H groups in total. The summed E-state index contributed by atoms with van der Waals surface area (Å²) in [5.74, 6) is 0.397. The van der Waals surface area contributed by atoms with Gasteiger partial charge in [0.2, 0.25) is 5.91 Å². The van der Waals surface area contributed by atoms with Crippen molar-refractivity contribution in [3.05, 3.63) is 54.6 Å². The maximum absolute atomic E-state index is 13.8. The van der Waals surface area contributed by atoms with Gasteiger partial charge in [0.25, 0.3) is 5.91 Å². The lowest BCUT2D eigenvalue weighted by Crippen LogP contribution is -2.58. The minimum atomic E-state index is -0.801. The molecular formula is C27H35N5O5. The van der Waals surface area contributed by atoms with Crippen molar-refractivity contribution in [2.75, 3.05) is 63.9 Å². The number of para-hydroxylation sites is 1. The summed E-state index contributed by atoms with van der Waals surface area (Å²) in [6.07, 6.45) is 1.65. The SMILES string of the molecule is COCCCNC(=O)CN1CN(c2ccccc2)C2(CCN(C(=O)Nc3cccc(OC)c3)CC2)C1=O. The number of piperidine rings is 1. The summed E-state index contributed by atoms with van der Waals surface area (Å²) in [5.41, 5.74) is 0.771. The number of carbonyl (C=O) groups is 3. The Morgan fingerprint density at radius 3 is 2.49 bits per heavy atom. The van der Waals surface area contributed by atoms with Gasteiger partial charge in [0, 0.05) is 50.8 Å².